The number of carbonyl (C=O) groups is 1. The molecule has 0 aliphatic rings. The molecule has 0 aliphatic carbocycles. The van der Waals surface area contributed by atoms with Gasteiger partial charge in [0.05, 0.1) is 15.5 Å². The summed E-state index contributed by atoms with van der Waals surface area (Å²) in [5.74, 6) is 0.157. The molecule has 0 unspecified atom stereocenters. The molecule has 0 aliphatic heterocycles. The summed E-state index contributed by atoms with van der Waals surface area (Å²) in [6, 6.07) is 18.6. The SMILES string of the molecule is O=C(Nc1cccc(-c2ccc3nnc(-c4cccs4)n3n2)c1)c1ccc(Cl)c([N+](=O)[O-])c1. The quantitative estimate of drug-likeness (QED) is 0.270. The molecule has 9 nitrogen and oxygen atoms in total. The van der Waals surface area contributed by atoms with Crippen LogP contribution in [0.2, 0.25) is 5.02 Å². The number of nitrogens with one attached hydrogen (secondary N) is 1. The number of nitrogens with zero attached hydrogens (tertiary/aromatic N) is 5. The number of aromatic nitrogens is 4. The molecule has 11 heteroatoms. The third-order valence-corrected chi connectivity index (χ3v) is 6.01. The van der Waals surface area contributed by atoms with Gasteiger partial charge in [-0.2, -0.15) is 9.61 Å². The minimum atomic E-state index is -0.628. The highest BCUT2D eigenvalue weighted by molar-refractivity contribution is 7.13. The Morgan fingerprint density at radius 1 is 1.06 bits per heavy atom. The number of benzene rings is 2. The summed E-state index contributed by atoms with van der Waals surface area (Å²) in [5.41, 5.74) is 2.36. The lowest BCUT2D eigenvalue weighted by molar-refractivity contribution is -0.384. The average molecular weight is 477 g/mol. The van der Waals surface area contributed by atoms with Gasteiger partial charge in [0.15, 0.2) is 11.5 Å². The van der Waals surface area contributed by atoms with E-state index in [1.165, 1.54) is 12.1 Å². The van der Waals surface area contributed by atoms with Crippen LogP contribution in [-0.4, -0.2) is 30.6 Å². The van der Waals surface area contributed by atoms with Gasteiger partial charge >= 0.3 is 0 Å². The first-order chi connectivity index (χ1) is 16.0. The molecule has 0 saturated heterocycles. The third kappa shape index (κ3) is 4.04. The van der Waals surface area contributed by atoms with Gasteiger partial charge in [-0.15, -0.1) is 21.5 Å². The Kier molecular flexibility index (Phi) is 5.29. The van der Waals surface area contributed by atoms with E-state index in [9.17, 15) is 14.9 Å². The molecule has 1 N–H and O–H groups in total. The molecule has 3 heterocycles. The number of thiophene rings is 1. The molecule has 0 radical (unpaired) electrons. The van der Waals surface area contributed by atoms with E-state index in [2.05, 4.69) is 20.6 Å². The minimum absolute atomic E-state index is 0.0316. The molecule has 0 atom stereocenters. The number of halogens is 1. The standard InChI is InChI=1S/C22H13ClN6O3S/c23-16-7-6-14(12-18(16)29(31)32)22(30)24-15-4-1-3-13(11-15)17-8-9-20-25-26-21(28(20)27-17)19-5-2-10-33-19/h1-12H,(H,24,30). The van der Waals surface area contributed by atoms with Crippen LogP contribution in [0.1, 0.15) is 10.4 Å². The summed E-state index contributed by atoms with van der Waals surface area (Å²) < 4.78 is 1.68. The fraction of sp³-hybridized carbons (Fsp3) is 0. The number of hydrogen-bond acceptors (Lipinski definition) is 7. The van der Waals surface area contributed by atoms with Crippen molar-refractivity contribution in [3.05, 3.63) is 92.8 Å². The summed E-state index contributed by atoms with van der Waals surface area (Å²) in [6.45, 7) is 0. The lowest BCUT2D eigenvalue weighted by Gasteiger charge is -2.08. The third-order valence-electron chi connectivity index (χ3n) is 4.83. The molecule has 0 spiro atoms. The van der Waals surface area contributed by atoms with Gasteiger partial charge in [0, 0.05) is 22.9 Å². The zero-order valence-corrected chi connectivity index (χ0v) is 18.2. The maximum absolute atomic E-state index is 12.7. The second-order valence-corrected chi connectivity index (χ2v) is 8.30. The van der Waals surface area contributed by atoms with Gasteiger partial charge in [-0.25, -0.2) is 0 Å². The van der Waals surface area contributed by atoms with E-state index in [4.69, 9.17) is 11.6 Å². The largest absolute Gasteiger partial charge is 0.322 e. The Morgan fingerprint density at radius 2 is 1.94 bits per heavy atom. The van der Waals surface area contributed by atoms with Gasteiger partial charge < -0.3 is 5.32 Å². The van der Waals surface area contributed by atoms with Crippen molar-refractivity contribution in [2.45, 2.75) is 0 Å². The molecule has 162 valence electrons. The van der Waals surface area contributed by atoms with Crippen LogP contribution < -0.4 is 5.32 Å². The molecule has 3 aromatic heterocycles. The monoisotopic (exact) mass is 476 g/mol. The predicted octanol–water partition coefficient (Wildman–Crippen LogP) is 5.33. The van der Waals surface area contributed by atoms with Crippen molar-refractivity contribution in [1.29, 1.82) is 0 Å². The molecule has 5 aromatic rings. The number of anilines is 1. The first-order valence-corrected chi connectivity index (χ1v) is 10.9. The number of carbonyl (C=O) groups excluding carboxylic acids is 1. The highest BCUT2D eigenvalue weighted by Gasteiger charge is 2.17. The van der Waals surface area contributed by atoms with Gasteiger partial charge in [-0.3, -0.25) is 14.9 Å². The molecular weight excluding hydrogens is 464 g/mol. The fourth-order valence-electron chi connectivity index (χ4n) is 3.26. The number of fused-ring (bicyclic) bond motifs is 1. The lowest BCUT2D eigenvalue weighted by Crippen LogP contribution is -2.12. The van der Waals surface area contributed by atoms with Crippen LogP contribution in [0.25, 0.3) is 27.6 Å². The van der Waals surface area contributed by atoms with Crippen LogP contribution in [0.4, 0.5) is 11.4 Å². The van der Waals surface area contributed by atoms with Crippen LogP contribution >= 0.6 is 22.9 Å². The molecule has 0 saturated carbocycles. The van der Waals surface area contributed by atoms with Gasteiger partial charge in [0.25, 0.3) is 11.6 Å². The number of rotatable bonds is 5. The van der Waals surface area contributed by atoms with Crippen molar-refractivity contribution in [3.63, 3.8) is 0 Å². The molecule has 1 amide bonds. The van der Waals surface area contributed by atoms with Crippen LogP contribution in [-0.2, 0) is 0 Å². The topological polar surface area (TPSA) is 115 Å². The van der Waals surface area contributed by atoms with Gasteiger partial charge in [0.1, 0.15) is 5.02 Å². The van der Waals surface area contributed by atoms with E-state index in [0.29, 0.717) is 22.9 Å². The van der Waals surface area contributed by atoms with Crippen LogP contribution in [0.5, 0.6) is 0 Å². The van der Waals surface area contributed by atoms with Crippen LogP contribution in [0, 0.1) is 10.1 Å². The van der Waals surface area contributed by atoms with E-state index < -0.39 is 10.8 Å². The second-order valence-electron chi connectivity index (χ2n) is 6.95. The zero-order chi connectivity index (χ0) is 22.9. The van der Waals surface area contributed by atoms with Crippen molar-refractivity contribution in [3.8, 4) is 22.0 Å². The average Bonchev–Trinajstić information content (AvgIpc) is 3.48. The highest BCUT2D eigenvalue weighted by Crippen LogP contribution is 2.27. The van der Waals surface area contributed by atoms with Crippen molar-refractivity contribution < 1.29 is 9.72 Å². The molecular formula is C22H13ClN6O3S. The Bertz CT molecular complexity index is 1520. The van der Waals surface area contributed by atoms with E-state index in [-0.39, 0.29) is 16.3 Å². The molecule has 2 aromatic carbocycles. The Balaban J connectivity index is 1.44. The molecule has 0 bridgehead atoms. The van der Waals surface area contributed by atoms with Gasteiger partial charge in [0.2, 0.25) is 0 Å². The number of nitro groups is 1. The fourth-order valence-corrected chi connectivity index (χ4v) is 4.14. The van der Waals surface area contributed by atoms with E-state index in [1.54, 1.807) is 34.1 Å². The van der Waals surface area contributed by atoms with Crippen molar-refractivity contribution in [1.82, 2.24) is 19.8 Å². The molecule has 5 rings (SSSR count). The van der Waals surface area contributed by atoms with E-state index in [1.807, 2.05) is 35.7 Å². The summed E-state index contributed by atoms with van der Waals surface area (Å²) in [5, 5.41) is 28.9. The lowest BCUT2D eigenvalue weighted by atomic mass is 10.1. The smallest absolute Gasteiger partial charge is 0.288 e. The van der Waals surface area contributed by atoms with Crippen LogP contribution in [0.15, 0.2) is 72.1 Å². The van der Waals surface area contributed by atoms with E-state index >= 15 is 0 Å². The van der Waals surface area contributed by atoms with Crippen molar-refractivity contribution in [2.75, 3.05) is 5.32 Å². The van der Waals surface area contributed by atoms with Gasteiger partial charge in [-0.05, 0) is 47.8 Å². The Morgan fingerprint density at radius 3 is 2.73 bits per heavy atom. The first kappa shape index (κ1) is 20.7. The van der Waals surface area contributed by atoms with Crippen molar-refractivity contribution in [2.24, 2.45) is 0 Å². The number of nitro benzene ring substituents is 1. The van der Waals surface area contributed by atoms with Crippen molar-refractivity contribution >= 4 is 45.9 Å². The minimum Gasteiger partial charge on any atom is -0.322 e. The first-order valence-electron chi connectivity index (χ1n) is 9.62. The molecule has 0 fully saturated rings. The maximum Gasteiger partial charge on any atom is 0.288 e. The summed E-state index contributed by atoms with van der Waals surface area (Å²) >= 11 is 7.38. The van der Waals surface area contributed by atoms with Crippen LogP contribution in [0.3, 0.4) is 0 Å². The second kappa shape index (κ2) is 8.41. The molecule has 33 heavy (non-hydrogen) atoms. The van der Waals surface area contributed by atoms with Gasteiger partial charge in [-0.1, -0.05) is 29.8 Å². The Hall–Kier alpha value is -4.15. The number of hydrogen-bond donors (Lipinski definition) is 1. The summed E-state index contributed by atoms with van der Waals surface area (Å²) in [6.07, 6.45) is 0. The van der Waals surface area contributed by atoms with E-state index in [0.717, 1.165) is 16.5 Å². The maximum atomic E-state index is 12.7. The predicted molar refractivity (Wildman–Crippen MR) is 126 cm³/mol. The zero-order valence-electron chi connectivity index (χ0n) is 16.7. The number of amides is 1. The Labute approximate surface area is 195 Å². The summed E-state index contributed by atoms with van der Waals surface area (Å²) in [7, 11) is 0. The normalized spacial score (nSPS) is 10.9. The summed E-state index contributed by atoms with van der Waals surface area (Å²) in [4.78, 5) is 24.1. The highest BCUT2D eigenvalue weighted by atomic mass is 35.5.